The Morgan fingerprint density at radius 1 is 1.33 bits per heavy atom. The van der Waals surface area contributed by atoms with Gasteiger partial charge in [0.15, 0.2) is 0 Å². The lowest BCUT2D eigenvalue weighted by Crippen LogP contribution is -2.36. The SMILES string of the molecule is Cc1ccc(N(O)C2=NCCN2)cc1C. The van der Waals surface area contributed by atoms with Crippen LogP contribution >= 0.6 is 0 Å². The Morgan fingerprint density at radius 2 is 2.13 bits per heavy atom. The van der Waals surface area contributed by atoms with E-state index in [-0.39, 0.29) is 0 Å². The third-order valence-corrected chi connectivity index (χ3v) is 2.59. The van der Waals surface area contributed by atoms with Crippen LogP contribution in [0.5, 0.6) is 0 Å². The highest BCUT2D eigenvalue weighted by Gasteiger charge is 2.14. The second-order valence-electron chi connectivity index (χ2n) is 3.71. The summed E-state index contributed by atoms with van der Waals surface area (Å²) in [7, 11) is 0. The molecule has 0 atom stereocenters. The zero-order chi connectivity index (χ0) is 10.8. The molecule has 0 spiro atoms. The quantitative estimate of drug-likeness (QED) is 0.682. The number of hydroxylamine groups is 1. The lowest BCUT2D eigenvalue weighted by molar-refractivity contribution is 0.309. The Bertz CT molecular complexity index is 401. The topological polar surface area (TPSA) is 47.9 Å². The molecule has 0 unspecified atom stereocenters. The van der Waals surface area contributed by atoms with Gasteiger partial charge >= 0.3 is 0 Å². The Balaban J connectivity index is 2.25. The molecule has 4 heteroatoms. The van der Waals surface area contributed by atoms with Crippen molar-refractivity contribution in [1.29, 1.82) is 0 Å². The highest BCUT2D eigenvalue weighted by Crippen LogP contribution is 2.17. The van der Waals surface area contributed by atoms with Crippen molar-refractivity contribution in [2.45, 2.75) is 13.8 Å². The number of hydrogen-bond acceptors (Lipinski definition) is 4. The first-order valence-corrected chi connectivity index (χ1v) is 5.03. The second-order valence-corrected chi connectivity index (χ2v) is 3.71. The van der Waals surface area contributed by atoms with Crippen molar-refractivity contribution in [3.63, 3.8) is 0 Å². The van der Waals surface area contributed by atoms with Gasteiger partial charge in [-0.2, -0.15) is 5.06 Å². The number of nitrogens with one attached hydrogen (secondary N) is 1. The van der Waals surface area contributed by atoms with Crippen LogP contribution in [0.3, 0.4) is 0 Å². The van der Waals surface area contributed by atoms with Crippen LogP contribution in [-0.4, -0.2) is 24.3 Å². The van der Waals surface area contributed by atoms with Crippen LogP contribution in [0.15, 0.2) is 23.2 Å². The predicted octanol–water partition coefficient (Wildman–Crippen LogP) is 1.46. The molecule has 1 aliphatic heterocycles. The molecule has 0 saturated carbocycles. The van der Waals surface area contributed by atoms with E-state index in [1.165, 1.54) is 5.56 Å². The highest BCUT2D eigenvalue weighted by atomic mass is 16.5. The van der Waals surface area contributed by atoms with Crippen LogP contribution in [0.2, 0.25) is 0 Å². The van der Waals surface area contributed by atoms with Crippen LogP contribution in [0, 0.1) is 13.8 Å². The van der Waals surface area contributed by atoms with Gasteiger partial charge in [-0.3, -0.25) is 5.21 Å². The van der Waals surface area contributed by atoms with Gasteiger partial charge in [0.25, 0.3) is 0 Å². The number of hydrogen-bond donors (Lipinski definition) is 2. The smallest absolute Gasteiger partial charge is 0.223 e. The predicted molar refractivity (Wildman–Crippen MR) is 60.5 cm³/mol. The number of anilines is 1. The molecule has 15 heavy (non-hydrogen) atoms. The van der Waals surface area contributed by atoms with Crippen LogP contribution in [0.4, 0.5) is 5.69 Å². The maximum Gasteiger partial charge on any atom is 0.223 e. The maximum absolute atomic E-state index is 9.88. The molecular weight excluding hydrogens is 190 g/mol. The average Bonchev–Trinajstić information content (AvgIpc) is 2.74. The van der Waals surface area contributed by atoms with Gasteiger partial charge in [-0.05, 0) is 37.1 Å². The summed E-state index contributed by atoms with van der Waals surface area (Å²) >= 11 is 0. The van der Waals surface area contributed by atoms with E-state index in [1.807, 2.05) is 32.0 Å². The molecule has 0 amide bonds. The van der Waals surface area contributed by atoms with E-state index in [9.17, 15) is 5.21 Å². The Morgan fingerprint density at radius 3 is 2.73 bits per heavy atom. The third-order valence-electron chi connectivity index (χ3n) is 2.59. The first-order chi connectivity index (χ1) is 7.18. The average molecular weight is 205 g/mol. The van der Waals surface area contributed by atoms with Crippen molar-refractivity contribution in [2.24, 2.45) is 4.99 Å². The molecule has 2 rings (SSSR count). The lowest BCUT2D eigenvalue weighted by atomic mass is 10.1. The van der Waals surface area contributed by atoms with E-state index in [4.69, 9.17) is 0 Å². The van der Waals surface area contributed by atoms with Crippen LogP contribution in [0.1, 0.15) is 11.1 Å². The molecule has 80 valence electrons. The number of nitrogens with zero attached hydrogens (tertiary/aromatic N) is 2. The molecule has 2 N–H and O–H groups in total. The third kappa shape index (κ3) is 1.94. The van der Waals surface area contributed by atoms with Gasteiger partial charge in [-0.1, -0.05) is 6.07 Å². The van der Waals surface area contributed by atoms with Crippen molar-refractivity contribution in [1.82, 2.24) is 5.32 Å². The van der Waals surface area contributed by atoms with E-state index in [2.05, 4.69) is 10.3 Å². The van der Waals surface area contributed by atoms with Gasteiger partial charge in [-0.15, -0.1) is 0 Å². The molecule has 0 bridgehead atoms. The van der Waals surface area contributed by atoms with E-state index in [1.54, 1.807) is 0 Å². The van der Waals surface area contributed by atoms with Crippen LogP contribution in [-0.2, 0) is 0 Å². The number of aryl methyl sites for hydroxylation is 2. The molecule has 0 radical (unpaired) electrons. The molecule has 1 aromatic rings. The van der Waals surface area contributed by atoms with Gasteiger partial charge in [0.2, 0.25) is 5.96 Å². The Hall–Kier alpha value is -1.55. The molecule has 1 heterocycles. The minimum absolute atomic E-state index is 0.526. The maximum atomic E-state index is 9.88. The van der Waals surface area contributed by atoms with Crippen molar-refractivity contribution in [3.05, 3.63) is 29.3 Å². The second kappa shape index (κ2) is 3.90. The van der Waals surface area contributed by atoms with E-state index in [0.717, 1.165) is 29.4 Å². The van der Waals surface area contributed by atoms with Crippen molar-refractivity contribution < 1.29 is 5.21 Å². The minimum atomic E-state index is 0.526. The summed E-state index contributed by atoms with van der Waals surface area (Å²) in [5, 5.41) is 14.0. The summed E-state index contributed by atoms with van der Waals surface area (Å²) in [6.07, 6.45) is 0. The Labute approximate surface area is 89.2 Å². The summed E-state index contributed by atoms with van der Waals surface area (Å²) < 4.78 is 0. The molecule has 1 aliphatic rings. The first kappa shape index (κ1) is 9.98. The minimum Gasteiger partial charge on any atom is -0.352 e. The van der Waals surface area contributed by atoms with Crippen molar-refractivity contribution in [2.75, 3.05) is 18.2 Å². The van der Waals surface area contributed by atoms with Crippen molar-refractivity contribution in [3.8, 4) is 0 Å². The largest absolute Gasteiger partial charge is 0.352 e. The van der Waals surface area contributed by atoms with Crippen molar-refractivity contribution >= 4 is 11.6 Å². The zero-order valence-electron chi connectivity index (χ0n) is 8.99. The van der Waals surface area contributed by atoms with E-state index >= 15 is 0 Å². The van der Waals surface area contributed by atoms with Gasteiger partial charge in [0.05, 0.1) is 12.2 Å². The van der Waals surface area contributed by atoms with Gasteiger partial charge < -0.3 is 5.32 Å². The molecule has 4 nitrogen and oxygen atoms in total. The molecule has 0 fully saturated rings. The number of rotatable bonds is 1. The van der Waals surface area contributed by atoms with Gasteiger partial charge in [0.1, 0.15) is 0 Å². The highest BCUT2D eigenvalue weighted by molar-refractivity contribution is 5.94. The fraction of sp³-hybridized carbons (Fsp3) is 0.364. The molecule has 0 aliphatic carbocycles. The molecule has 1 aromatic carbocycles. The number of guanidine groups is 1. The molecule has 0 saturated heterocycles. The first-order valence-electron chi connectivity index (χ1n) is 5.03. The van der Waals surface area contributed by atoms with E-state index < -0.39 is 0 Å². The fourth-order valence-electron chi connectivity index (χ4n) is 1.51. The zero-order valence-corrected chi connectivity index (χ0v) is 8.99. The number of benzene rings is 1. The van der Waals surface area contributed by atoms with Crippen LogP contribution in [0.25, 0.3) is 0 Å². The summed E-state index contributed by atoms with van der Waals surface area (Å²) in [6, 6.07) is 5.81. The monoisotopic (exact) mass is 205 g/mol. The summed E-state index contributed by atoms with van der Waals surface area (Å²) in [5.74, 6) is 0.526. The lowest BCUT2D eigenvalue weighted by Gasteiger charge is -2.17. The Kier molecular flexibility index (Phi) is 2.60. The standard InChI is InChI=1S/C11H15N3O/c1-8-3-4-10(7-9(8)2)14(15)11-12-5-6-13-11/h3-4,7,15H,5-6H2,1-2H3,(H,12,13). The van der Waals surface area contributed by atoms with Gasteiger partial charge in [0, 0.05) is 6.54 Å². The fourth-order valence-corrected chi connectivity index (χ4v) is 1.51. The summed E-state index contributed by atoms with van der Waals surface area (Å²) in [6.45, 7) is 5.58. The summed E-state index contributed by atoms with van der Waals surface area (Å²) in [5.41, 5.74) is 3.12. The normalized spacial score (nSPS) is 14.7. The number of aliphatic imine (C=N–C) groups is 1. The van der Waals surface area contributed by atoms with E-state index in [0.29, 0.717) is 5.96 Å². The van der Waals surface area contributed by atoms with Crippen LogP contribution < -0.4 is 10.4 Å². The molecule has 0 aromatic heterocycles. The van der Waals surface area contributed by atoms with Gasteiger partial charge in [-0.25, -0.2) is 4.99 Å². The summed E-state index contributed by atoms with van der Waals surface area (Å²) in [4.78, 5) is 4.15. The molecular formula is C11H15N3O.